The highest BCUT2D eigenvalue weighted by molar-refractivity contribution is 8.01. The summed E-state index contributed by atoms with van der Waals surface area (Å²) in [6.07, 6.45) is 0. The molecule has 72 valence electrons. The number of thiophene rings is 1. The van der Waals surface area contributed by atoms with Crippen LogP contribution in [0.1, 0.15) is 0 Å². The molecule has 14 heavy (non-hydrogen) atoms. The van der Waals surface area contributed by atoms with Gasteiger partial charge in [-0.3, -0.25) is 0 Å². The first kappa shape index (κ1) is 9.55. The van der Waals surface area contributed by atoms with Gasteiger partial charge in [0.05, 0.1) is 9.90 Å². The maximum absolute atomic E-state index is 13.1. The molecule has 1 nitrogen and oxygen atoms in total. The minimum Gasteiger partial charge on any atom is -0.395 e. The third-order valence-electron chi connectivity index (χ3n) is 1.72. The molecule has 0 fully saturated rings. The third-order valence-corrected chi connectivity index (χ3v) is 3.83. The Morgan fingerprint density at radius 2 is 2.07 bits per heavy atom. The van der Waals surface area contributed by atoms with Gasteiger partial charge in [0, 0.05) is 4.90 Å². The number of nitrogen functional groups attached to an aromatic ring is 1. The van der Waals surface area contributed by atoms with Crippen LogP contribution in [-0.4, -0.2) is 0 Å². The summed E-state index contributed by atoms with van der Waals surface area (Å²) in [6.45, 7) is 0. The summed E-state index contributed by atoms with van der Waals surface area (Å²) in [6, 6.07) is 8.81. The van der Waals surface area contributed by atoms with E-state index in [1.54, 1.807) is 17.4 Å². The number of hydrogen-bond donors (Lipinski definition) is 1. The Balaban J connectivity index is 2.29. The van der Waals surface area contributed by atoms with Gasteiger partial charge in [-0.25, -0.2) is 4.39 Å². The summed E-state index contributed by atoms with van der Waals surface area (Å²) < 4.78 is 14.2. The zero-order chi connectivity index (χ0) is 9.97. The lowest BCUT2D eigenvalue weighted by atomic mass is 10.3. The van der Waals surface area contributed by atoms with Crippen molar-refractivity contribution in [3.05, 3.63) is 41.5 Å². The molecule has 0 saturated carbocycles. The lowest BCUT2D eigenvalue weighted by Crippen LogP contribution is -1.92. The average molecular weight is 225 g/mol. The predicted molar refractivity (Wildman–Crippen MR) is 59.3 cm³/mol. The first-order valence-corrected chi connectivity index (χ1v) is 5.72. The van der Waals surface area contributed by atoms with Crippen molar-refractivity contribution in [2.75, 3.05) is 5.73 Å². The highest BCUT2D eigenvalue weighted by Gasteiger charge is 2.05. The summed E-state index contributed by atoms with van der Waals surface area (Å²) >= 11 is 3.11. The first-order chi connectivity index (χ1) is 6.77. The molecule has 0 unspecified atom stereocenters. The average Bonchev–Trinajstić information content (AvgIpc) is 2.66. The Labute approximate surface area is 89.8 Å². The highest BCUT2D eigenvalue weighted by Crippen LogP contribution is 2.35. The van der Waals surface area contributed by atoms with E-state index in [9.17, 15) is 4.39 Å². The Morgan fingerprint density at radius 1 is 1.21 bits per heavy atom. The smallest absolute Gasteiger partial charge is 0.147 e. The van der Waals surface area contributed by atoms with Crippen LogP contribution in [0.3, 0.4) is 0 Å². The van der Waals surface area contributed by atoms with Crippen LogP contribution < -0.4 is 5.73 Å². The molecule has 0 aliphatic heterocycles. The monoisotopic (exact) mass is 225 g/mol. The van der Waals surface area contributed by atoms with E-state index in [-0.39, 0.29) is 11.5 Å². The third kappa shape index (κ3) is 1.91. The van der Waals surface area contributed by atoms with E-state index in [4.69, 9.17) is 5.73 Å². The molecule has 1 heterocycles. The maximum atomic E-state index is 13.1. The van der Waals surface area contributed by atoms with Gasteiger partial charge in [-0.1, -0.05) is 23.9 Å². The minimum atomic E-state index is -0.355. The van der Waals surface area contributed by atoms with Gasteiger partial charge in [-0.05, 0) is 23.6 Å². The Kier molecular flexibility index (Phi) is 2.74. The summed E-state index contributed by atoms with van der Waals surface area (Å²) in [5.41, 5.74) is 5.84. The Morgan fingerprint density at radius 3 is 2.79 bits per heavy atom. The quantitative estimate of drug-likeness (QED) is 0.790. The molecule has 0 saturated heterocycles. The van der Waals surface area contributed by atoms with Crippen molar-refractivity contribution >= 4 is 28.8 Å². The number of rotatable bonds is 2. The van der Waals surface area contributed by atoms with Crippen molar-refractivity contribution in [3.8, 4) is 0 Å². The van der Waals surface area contributed by atoms with Crippen LogP contribution in [0.25, 0.3) is 0 Å². The number of nitrogens with two attached hydrogens (primary N) is 1. The second-order valence-electron chi connectivity index (χ2n) is 2.69. The molecule has 4 heteroatoms. The van der Waals surface area contributed by atoms with Gasteiger partial charge >= 0.3 is 0 Å². The van der Waals surface area contributed by atoms with Crippen LogP contribution >= 0.6 is 23.1 Å². The van der Waals surface area contributed by atoms with E-state index in [1.807, 2.05) is 23.6 Å². The van der Waals surface area contributed by atoms with Gasteiger partial charge in [0.15, 0.2) is 0 Å². The highest BCUT2D eigenvalue weighted by atomic mass is 32.2. The molecule has 2 rings (SSSR count). The molecule has 0 atom stereocenters. The molecule has 1 aromatic heterocycles. The number of benzene rings is 1. The molecule has 2 aromatic rings. The minimum absolute atomic E-state index is 0.228. The zero-order valence-electron chi connectivity index (χ0n) is 7.24. The number of para-hydroxylation sites is 1. The van der Waals surface area contributed by atoms with Crippen molar-refractivity contribution in [2.45, 2.75) is 9.10 Å². The van der Waals surface area contributed by atoms with Crippen molar-refractivity contribution in [1.29, 1.82) is 0 Å². The lowest BCUT2D eigenvalue weighted by Gasteiger charge is -2.03. The molecular formula is C10H8FNS2. The van der Waals surface area contributed by atoms with Crippen molar-refractivity contribution in [1.82, 2.24) is 0 Å². The second kappa shape index (κ2) is 4.02. The molecule has 0 radical (unpaired) electrons. The van der Waals surface area contributed by atoms with Gasteiger partial charge in [-0.2, -0.15) is 0 Å². The fourth-order valence-electron chi connectivity index (χ4n) is 1.04. The second-order valence-corrected chi connectivity index (χ2v) is 4.98. The molecular weight excluding hydrogens is 217 g/mol. The number of anilines is 1. The molecule has 0 spiro atoms. The summed E-state index contributed by atoms with van der Waals surface area (Å²) in [4.78, 5) is 0.771. The number of hydrogen-bond acceptors (Lipinski definition) is 3. The van der Waals surface area contributed by atoms with Crippen LogP contribution in [0, 0.1) is 5.82 Å². The van der Waals surface area contributed by atoms with Crippen molar-refractivity contribution < 1.29 is 4.39 Å². The molecule has 0 amide bonds. The van der Waals surface area contributed by atoms with Gasteiger partial charge in [0.2, 0.25) is 0 Å². The Hall–Kier alpha value is -1.00. The Bertz CT molecular complexity index is 426. The zero-order valence-corrected chi connectivity index (χ0v) is 8.87. The standard InChI is InChI=1S/C10H8FNS2/c11-7-3-1-4-8(10(7)12)14-9-5-2-6-13-9/h1-6H,12H2. The first-order valence-electron chi connectivity index (χ1n) is 4.03. The summed E-state index contributed by atoms with van der Waals surface area (Å²) in [7, 11) is 0. The fraction of sp³-hybridized carbons (Fsp3) is 0. The molecule has 0 aliphatic carbocycles. The van der Waals surface area contributed by atoms with Crippen LogP contribution in [0.5, 0.6) is 0 Å². The van der Waals surface area contributed by atoms with E-state index in [0.717, 1.165) is 9.10 Å². The van der Waals surface area contributed by atoms with E-state index in [2.05, 4.69) is 0 Å². The van der Waals surface area contributed by atoms with Crippen molar-refractivity contribution in [3.63, 3.8) is 0 Å². The topological polar surface area (TPSA) is 26.0 Å². The normalized spacial score (nSPS) is 10.4. The summed E-state index contributed by atoms with van der Waals surface area (Å²) in [5, 5.41) is 1.98. The van der Waals surface area contributed by atoms with Gasteiger partial charge in [-0.15, -0.1) is 11.3 Å². The predicted octanol–water partition coefficient (Wildman–Crippen LogP) is 3.62. The molecule has 1 aromatic carbocycles. The van der Waals surface area contributed by atoms with Crippen LogP contribution in [0.4, 0.5) is 10.1 Å². The van der Waals surface area contributed by atoms with Crippen LogP contribution in [0.15, 0.2) is 44.8 Å². The van der Waals surface area contributed by atoms with Gasteiger partial charge < -0.3 is 5.73 Å². The number of halogens is 1. The molecule has 2 N–H and O–H groups in total. The van der Waals surface area contributed by atoms with Crippen LogP contribution in [-0.2, 0) is 0 Å². The fourth-order valence-corrected chi connectivity index (χ4v) is 2.83. The van der Waals surface area contributed by atoms with Gasteiger partial charge in [0.25, 0.3) is 0 Å². The lowest BCUT2D eigenvalue weighted by molar-refractivity contribution is 0.629. The van der Waals surface area contributed by atoms with E-state index in [0.29, 0.717) is 0 Å². The molecule has 0 bridgehead atoms. The molecule has 0 aliphatic rings. The van der Waals surface area contributed by atoms with Gasteiger partial charge in [0.1, 0.15) is 5.82 Å². The summed E-state index contributed by atoms with van der Waals surface area (Å²) in [5.74, 6) is -0.355. The SMILES string of the molecule is Nc1c(F)cccc1Sc1cccs1. The van der Waals surface area contributed by atoms with E-state index in [1.165, 1.54) is 17.8 Å². The largest absolute Gasteiger partial charge is 0.395 e. The van der Waals surface area contributed by atoms with E-state index >= 15 is 0 Å². The maximum Gasteiger partial charge on any atom is 0.147 e. The van der Waals surface area contributed by atoms with Crippen LogP contribution in [0.2, 0.25) is 0 Å². The van der Waals surface area contributed by atoms with E-state index < -0.39 is 0 Å². The van der Waals surface area contributed by atoms with Crippen molar-refractivity contribution in [2.24, 2.45) is 0 Å².